The standard InChI is InChI=1S/C18H18N2O3/c1-3-11-5-8-16-14(9-11)20-18(23-16)13-7-6-12(10-15(13)21)19-17(22)4-2/h5-10,21H,3-4H2,1-2H3,(H,19,22). The van der Waals surface area contributed by atoms with E-state index < -0.39 is 0 Å². The van der Waals surface area contributed by atoms with E-state index in [2.05, 4.69) is 17.2 Å². The minimum atomic E-state index is -0.105. The summed E-state index contributed by atoms with van der Waals surface area (Å²) in [7, 11) is 0. The smallest absolute Gasteiger partial charge is 0.231 e. The maximum Gasteiger partial charge on any atom is 0.231 e. The maximum atomic E-state index is 11.4. The van der Waals surface area contributed by atoms with E-state index in [4.69, 9.17) is 4.42 Å². The molecular formula is C18H18N2O3. The zero-order valence-electron chi connectivity index (χ0n) is 13.1. The number of anilines is 1. The highest BCUT2D eigenvalue weighted by Gasteiger charge is 2.13. The van der Waals surface area contributed by atoms with E-state index in [-0.39, 0.29) is 11.7 Å². The predicted molar refractivity (Wildman–Crippen MR) is 89.4 cm³/mol. The summed E-state index contributed by atoms with van der Waals surface area (Å²) < 4.78 is 5.72. The summed E-state index contributed by atoms with van der Waals surface area (Å²) in [4.78, 5) is 15.8. The van der Waals surface area contributed by atoms with Gasteiger partial charge < -0.3 is 14.8 Å². The summed E-state index contributed by atoms with van der Waals surface area (Å²) in [6, 6.07) is 10.8. The molecule has 0 spiro atoms. The number of aromatic hydroxyl groups is 1. The van der Waals surface area contributed by atoms with Crippen molar-refractivity contribution in [1.29, 1.82) is 0 Å². The number of phenols is 1. The van der Waals surface area contributed by atoms with Gasteiger partial charge in [-0.1, -0.05) is 19.9 Å². The molecule has 5 nitrogen and oxygen atoms in total. The average Bonchev–Trinajstić information content (AvgIpc) is 2.97. The van der Waals surface area contributed by atoms with E-state index in [9.17, 15) is 9.90 Å². The molecule has 0 radical (unpaired) electrons. The molecule has 1 aromatic heterocycles. The Morgan fingerprint density at radius 2 is 2.04 bits per heavy atom. The number of aryl methyl sites for hydroxylation is 1. The minimum Gasteiger partial charge on any atom is -0.507 e. The van der Waals surface area contributed by atoms with Gasteiger partial charge in [0.25, 0.3) is 0 Å². The van der Waals surface area contributed by atoms with Crippen molar-refractivity contribution < 1.29 is 14.3 Å². The monoisotopic (exact) mass is 310 g/mol. The Balaban J connectivity index is 1.96. The number of carbonyl (C=O) groups is 1. The van der Waals surface area contributed by atoms with Crippen molar-refractivity contribution in [2.45, 2.75) is 26.7 Å². The Bertz CT molecular complexity index is 868. The maximum absolute atomic E-state index is 11.4. The number of oxazole rings is 1. The molecule has 1 heterocycles. The Morgan fingerprint density at radius 3 is 2.74 bits per heavy atom. The van der Waals surface area contributed by atoms with Crippen molar-refractivity contribution in [3.8, 4) is 17.2 Å². The van der Waals surface area contributed by atoms with Crippen LogP contribution in [0.3, 0.4) is 0 Å². The molecule has 1 amide bonds. The van der Waals surface area contributed by atoms with Crippen molar-refractivity contribution in [1.82, 2.24) is 4.98 Å². The van der Waals surface area contributed by atoms with Crippen LogP contribution in [0.1, 0.15) is 25.8 Å². The SMILES string of the molecule is CCC(=O)Nc1ccc(-c2nc3cc(CC)ccc3o2)c(O)c1. The number of benzene rings is 2. The van der Waals surface area contributed by atoms with Crippen LogP contribution in [-0.2, 0) is 11.2 Å². The van der Waals surface area contributed by atoms with Crippen LogP contribution in [0.5, 0.6) is 5.75 Å². The molecule has 2 aromatic carbocycles. The molecule has 3 rings (SSSR count). The molecule has 0 bridgehead atoms. The van der Waals surface area contributed by atoms with Crippen molar-refractivity contribution in [3.63, 3.8) is 0 Å². The molecule has 3 aromatic rings. The first-order valence-corrected chi connectivity index (χ1v) is 7.63. The molecule has 2 N–H and O–H groups in total. The first-order chi connectivity index (χ1) is 11.1. The second-order valence-electron chi connectivity index (χ2n) is 5.31. The van der Waals surface area contributed by atoms with Gasteiger partial charge >= 0.3 is 0 Å². The van der Waals surface area contributed by atoms with Crippen molar-refractivity contribution in [3.05, 3.63) is 42.0 Å². The van der Waals surface area contributed by atoms with Crippen molar-refractivity contribution >= 4 is 22.7 Å². The first-order valence-electron chi connectivity index (χ1n) is 7.63. The van der Waals surface area contributed by atoms with Crippen LogP contribution in [-0.4, -0.2) is 16.0 Å². The summed E-state index contributed by atoms with van der Waals surface area (Å²) in [5.41, 5.74) is 3.66. The van der Waals surface area contributed by atoms with Gasteiger partial charge in [-0.15, -0.1) is 0 Å². The molecule has 0 aliphatic carbocycles. The van der Waals surface area contributed by atoms with Crippen LogP contribution in [0.15, 0.2) is 40.8 Å². The number of aromatic nitrogens is 1. The summed E-state index contributed by atoms with van der Waals surface area (Å²) in [5, 5.41) is 12.9. The Morgan fingerprint density at radius 1 is 1.22 bits per heavy atom. The fourth-order valence-electron chi connectivity index (χ4n) is 2.35. The molecule has 0 aliphatic heterocycles. The fourth-order valence-corrected chi connectivity index (χ4v) is 2.35. The number of phenolic OH excluding ortho intramolecular Hbond substituents is 1. The summed E-state index contributed by atoms with van der Waals surface area (Å²) in [6.07, 6.45) is 1.31. The molecule has 23 heavy (non-hydrogen) atoms. The first kappa shape index (κ1) is 15.1. The molecule has 0 fully saturated rings. The average molecular weight is 310 g/mol. The normalized spacial score (nSPS) is 10.9. The van der Waals surface area contributed by atoms with E-state index in [0.29, 0.717) is 29.1 Å². The third-order valence-corrected chi connectivity index (χ3v) is 3.69. The zero-order valence-corrected chi connectivity index (χ0v) is 13.1. The highest BCUT2D eigenvalue weighted by atomic mass is 16.3. The molecule has 0 saturated carbocycles. The van der Waals surface area contributed by atoms with E-state index >= 15 is 0 Å². The number of hydrogen-bond donors (Lipinski definition) is 2. The number of nitrogens with zero attached hydrogens (tertiary/aromatic N) is 1. The van der Waals surface area contributed by atoms with Gasteiger partial charge in [-0.3, -0.25) is 4.79 Å². The number of rotatable bonds is 4. The number of fused-ring (bicyclic) bond motifs is 1. The topological polar surface area (TPSA) is 75.4 Å². The lowest BCUT2D eigenvalue weighted by Gasteiger charge is -2.06. The molecule has 5 heteroatoms. The van der Waals surface area contributed by atoms with Crippen LogP contribution in [0.2, 0.25) is 0 Å². The highest BCUT2D eigenvalue weighted by molar-refractivity contribution is 5.91. The van der Waals surface area contributed by atoms with E-state index in [0.717, 1.165) is 11.9 Å². The third-order valence-electron chi connectivity index (χ3n) is 3.69. The third kappa shape index (κ3) is 3.04. The van der Waals surface area contributed by atoms with Gasteiger partial charge in [-0.2, -0.15) is 0 Å². The summed E-state index contributed by atoms with van der Waals surface area (Å²) in [5.74, 6) is 0.270. The quantitative estimate of drug-likeness (QED) is 0.760. The fraction of sp³-hybridized carbons (Fsp3) is 0.222. The molecular weight excluding hydrogens is 292 g/mol. The van der Waals surface area contributed by atoms with Gasteiger partial charge in [-0.25, -0.2) is 4.98 Å². The van der Waals surface area contributed by atoms with E-state index in [1.54, 1.807) is 19.1 Å². The Hall–Kier alpha value is -2.82. The van der Waals surface area contributed by atoms with Crippen LogP contribution in [0.4, 0.5) is 5.69 Å². The predicted octanol–water partition coefficient (Wildman–Crippen LogP) is 4.11. The van der Waals surface area contributed by atoms with E-state index in [1.807, 2.05) is 18.2 Å². The minimum absolute atomic E-state index is 0.0150. The number of nitrogens with one attached hydrogen (secondary N) is 1. The summed E-state index contributed by atoms with van der Waals surface area (Å²) >= 11 is 0. The largest absolute Gasteiger partial charge is 0.507 e. The van der Waals surface area contributed by atoms with Gasteiger partial charge in [0.05, 0.1) is 5.56 Å². The lowest BCUT2D eigenvalue weighted by molar-refractivity contribution is -0.115. The highest BCUT2D eigenvalue weighted by Crippen LogP contribution is 2.33. The Kier molecular flexibility index (Phi) is 4.02. The molecule has 0 atom stereocenters. The number of hydrogen-bond acceptors (Lipinski definition) is 4. The molecule has 0 saturated heterocycles. The van der Waals surface area contributed by atoms with Crippen LogP contribution in [0.25, 0.3) is 22.6 Å². The van der Waals surface area contributed by atoms with Crippen LogP contribution in [0, 0.1) is 0 Å². The number of amides is 1. The number of carbonyl (C=O) groups excluding carboxylic acids is 1. The van der Waals surface area contributed by atoms with Gasteiger partial charge in [0, 0.05) is 18.2 Å². The van der Waals surface area contributed by atoms with Crippen molar-refractivity contribution in [2.24, 2.45) is 0 Å². The summed E-state index contributed by atoms with van der Waals surface area (Å²) in [6.45, 7) is 3.85. The van der Waals surface area contributed by atoms with Crippen LogP contribution >= 0.6 is 0 Å². The van der Waals surface area contributed by atoms with Gasteiger partial charge in [-0.05, 0) is 36.2 Å². The van der Waals surface area contributed by atoms with E-state index in [1.165, 1.54) is 11.6 Å². The van der Waals surface area contributed by atoms with Gasteiger partial charge in [0.15, 0.2) is 5.58 Å². The van der Waals surface area contributed by atoms with Gasteiger partial charge in [0.2, 0.25) is 11.8 Å². The molecule has 118 valence electrons. The lowest BCUT2D eigenvalue weighted by Crippen LogP contribution is -2.09. The van der Waals surface area contributed by atoms with Gasteiger partial charge in [0.1, 0.15) is 11.3 Å². The van der Waals surface area contributed by atoms with Crippen LogP contribution < -0.4 is 5.32 Å². The molecule has 0 aliphatic rings. The molecule has 0 unspecified atom stereocenters. The van der Waals surface area contributed by atoms with Crippen molar-refractivity contribution in [2.75, 3.05) is 5.32 Å². The lowest BCUT2D eigenvalue weighted by atomic mass is 10.1. The zero-order chi connectivity index (χ0) is 16.4. The second kappa shape index (κ2) is 6.12. The second-order valence-corrected chi connectivity index (χ2v) is 5.31. The Labute approximate surface area is 134 Å².